The van der Waals surface area contributed by atoms with E-state index in [2.05, 4.69) is 34.1 Å². The lowest BCUT2D eigenvalue weighted by Crippen LogP contribution is -2.21. The maximum atomic E-state index is 11.7. The highest BCUT2D eigenvalue weighted by atomic mass is 35.5. The molecule has 0 radical (unpaired) electrons. The zero-order chi connectivity index (χ0) is 14.5. The van der Waals surface area contributed by atoms with Gasteiger partial charge >= 0.3 is 0 Å². The van der Waals surface area contributed by atoms with E-state index < -0.39 is 0 Å². The predicted octanol–water partition coefficient (Wildman–Crippen LogP) is 2.23. The van der Waals surface area contributed by atoms with E-state index >= 15 is 0 Å². The largest absolute Gasteiger partial charge is 0.311 e. The summed E-state index contributed by atoms with van der Waals surface area (Å²) in [5, 5.41) is 3.71. The Hall–Kier alpha value is -1.72. The number of hydrogen-bond donors (Lipinski definition) is 2. The van der Waals surface area contributed by atoms with Gasteiger partial charge in [-0.1, -0.05) is 25.4 Å². The maximum absolute atomic E-state index is 11.7. The van der Waals surface area contributed by atoms with Crippen LogP contribution in [0.3, 0.4) is 0 Å². The van der Waals surface area contributed by atoms with E-state index in [1.54, 1.807) is 18.3 Å². The van der Waals surface area contributed by atoms with Gasteiger partial charge in [-0.05, 0) is 24.6 Å². The molecule has 6 heteroatoms. The van der Waals surface area contributed by atoms with E-state index in [4.69, 9.17) is 11.6 Å². The number of halogens is 1. The second kappa shape index (κ2) is 6.63. The van der Waals surface area contributed by atoms with Crippen LogP contribution in [0.1, 0.15) is 19.5 Å². The Morgan fingerprint density at radius 3 is 2.95 bits per heavy atom. The van der Waals surface area contributed by atoms with Crippen LogP contribution in [0, 0.1) is 5.92 Å². The Balaban J connectivity index is 2.25. The third-order valence-corrected chi connectivity index (χ3v) is 2.94. The van der Waals surface area contributed by atoms with Gasteiger partial charge < -0.3 is 10.3 Å². The number of nitrogens with zero attached hydrogens (tertiary/aromatic N) is 2. The molecular weight excluding hydrogens is 276 g/mol. The van der Waals surface area contributed by atoms with E-state index in [1.165, 1.54) is 6.07 Å². The van der Waals surface area contributed by atoms with Crippen LogP contribution in [0.2, 0.25) is 5.02 Å². The predicted molar refractivity (Wildman–Crippen MR) is 79.6 cm³/mol. The molecule has 5 nitrogen and oxygen atoms in total. The van der Waals surface area contributed by atoms with Gasteiger partial charge in [-0.2, -0.15) is 0 Å². The lowest BCUT2D eigenvalue weighted by Gasteiger charge is -2.08. The van der Waals surface area contributed by atoms with Crippen molar-refractivity contribution in [1.29, 1.82) is 0 Å². The summed E-state index contributed by atoms with van der Waals surface area (Å²) in [6.07, 6.45) is 1.62. The molecule has 0 aliphatic carbocycles. The fourth-order valence-electron chi connectivity index (χ4n) is 1.76. The number of H-pyrrole nitrogens is 1. The summed E-state index contributed by atoms with van der Waals surface area (Å²) < 4.78 is 0. The van der Waals surface area contributed by atoms with Gasteiger partial charge in [0, 0.05) is 18.8 Å². The highest BCUT2D eigenvalue weighted by Crippen LogP contribution is 2.20. The zero-order valence-corrected chi connectivity index (χ0v) is 12.2. The van der Waals surface area contributed by atoms with Gasteiger partial charge in [0.15, 0.2) is 5.82 Å². The average Bonchev–Trinajstić information content (AvgIpc) is 2.38. The van der Waals surface area contributed by atoms with Crippen molar-refractivity contribution in [2.75, 3.05) is 6.54 Å². The molecular formula is C14H17ClN4O. The lowest BCUT2D eigenvalue weighted by molar-refractivity contribution is 0.548. The first-order valence-electron chi connectivity index (χ1n) is 6.48. The van der Waals surface area contributed by atoms with Gasteiger partial charge in [-0.15, -0.1) is 0 Å². The summed E-state index contributed by atoms with van der Waals surface area (Å²) in [4.78, 5) is 22.9. The summed E-state index contributed by atoms with van der Waals surface area (Å²) >= 11 is 6.07. The quantitative estimate of drug-likeness (QED) is 0.886. The molecule has 2 aromatic heterocycles. The first-order valence-corrected chi connectivity index (χ1v) is 6.86. The summed E-state index contributed by atoms with van der Waals surface area (Å²) in [6.45, 7) is 5.66. The molecule has 20 heavy (non-hydrogen) atoms. The average molecular weight is 293 g/mol. The van der Waals surface area contributed by atoms with Crippen LogP contribution in [0.25, 0.3) is 11.5 Å². The standard InChI is InChI=1S/C14H17ClN4O/c1-9(2)7-16-8-10-6-12(20)19-14(18-10)13-11(15)4-3-5-17-13/h3-6,9,16H,7-8H2,1-2H3,(H,18,19,20). The molecule has 0 fully saturated rings. The number of aromatic nitrogens is 3. The molecule has 0 spiro atoms. The maximum Gasteiger partial charge on any atom is 0.251 e. The third-order valence-electron chi connectivity index (χ3n) is 2.64. The van der Waals surface area contributed by atoms with Crippen molar-refractivity contribution >= 4 is 11.6 Å². The van der Waals surface area contributed by atoms with E-state index in [0.29, 0.717) is 34.7 Å². The van der Waals surface area contributed by atoms with E-state index in [-0.39, 0.29) is 5.56 Å². The fraction of sp³-hybridized carbons (Fsp3) is 0.357. The van der Waals surface area contributed by atoms with Crippen molar-refractivity contribution in [2.24, 2.45) is 5.92 Å². The molecule has 0 unspecified atom stereocenters. The molecule has 106 valence electrons. The van der Waals surface area contributed by atoms with Crippen molar-refractivity contribution in [3.63, 3.8) is 0 Å². The SMILES string of the molecule is CC(C)CNCc1cc(=O)[nH]c(-c2ncccc2Cl)n1. The summed E-state index contributed by atoms with van der Waals surface area (Å²) in [5.41, 5.74) is 0.946. The fourth-order valence-corrected chi connectivity index (χ4v) is 1.97. The summed E-state index contributed by atoms with van der Waals surface area (Å²) in [6, 6.07) is 4.93. The highest BCUT2D eigenvalue weighted by Gasteiger charge is 2.09. The minimum Gasteiger partial charge on any atom is -0.311 e. The molecule has 2 aromatic rings. The number of rotatable bonds is 5. The van der Waals surface area contributed by atoms with Crippen molar-refractivity contribution in [3.8, 4) is 11.5 Å². The lowest BCUT2D eigenvalue weighted by atomic mass is 10.2. The molecule has 2 rings (SSSR count). The Morgan fingerprint density at radius 1 is 1.45 bits per heavy atom. The highest BCUT2D eigenvalue weighted by molar-refractivity contribution is 6.32. The molecule has 0 bridgehead atoms. The molecule has 0 amide bonds. The molecule has 0 atom stereocenters. The first kappa shape index (κ1) is 14.7. The van der Waals surface area contributed by atoms with Crippen molar-refractivity contribution < 1.29 is 0 Å². The second-order valence-electron chi connectivity index (χ2n) is 4.94. The number of pyridine rings is 1. The van der Waals surface area contributed by atoms with Crippen LogP contribution < -0.4 is 10.9 Å². The Bertz CT molecular complexity index is 639. The smallest absolute Gasteiger partial charge is 0.251 e. The summed E-state index contributed by atoms with van der Waals surface area (Å²) in [7, 11) is 0. The topological polar surface area (TPSA) is 70.7 Å². The van der Waals surface area contributed by atoms with Gasteiger partial charge in [0.05, 0.1) is 10.7 Å². The minimum absolute atomic E-state index is 0.210. The molecule has 0 saturated heterocycles. The number of hydrogen-bond acceptors (Lipinski definition) is 4. The Morgan fingerprint density at radius 2 is 2.25 bits per heavy atom. The number of aromatic amines is 1. The van der Waals surface area contributed by atoms with Crippen molar-refractivity contribution in [1.82, 2.24) is 20.3 Å². The van der Waals surface area contributed by atoms with Gasteiger partial charge in [-0.25, -0.2) is 4.98 Å². The van der Waals surface area contributed by atoms with Crippen LogP contribution >= 0.6 is 11.6 Å². The minimum atomic E-state index is -0.210. The molecule has 0 saturated carbocycles. The second-order valence-corrected chi connectivity index (χ2v) is 5.35. The first-order chi connectivity index (χ1) is 9.56. The third kappa shape index (κ3) is 3.88. The normalized spacial score (nSPS) is 11.0. The molecule has 0 aliphatic heterocycles. The molecule has 2 N–H and O–H groups in total. The van der Waals surface area contributed by atoms with E-state index in [0.717, 1.165) is 6.54 Å². The van der Waals surface area contributed by atoms with Gasteiger partial charge in [0.2, 0.25) is 0 Å². The van der Waals surface area contributed by atoms with E-state index in [9.17, 15) is 4.79 Å². The van der Waals surface area contributed by atoms with Crippen LogP contribution in [-0.2, 0) is 6.54 Å². The van der Waals surface area contributed by atoms with E-state index in [1.807, 2.05) is 0 Å². The van der Waals surface area contributed by atoms with Gasteiger partial charge in [0.25, 0.3) is 5.56 Å². The van der Waals surface area contributed by atoms with Gasteiger partial charge in [-0.3, -0.25) is 9.78 Å². The van der Waals surface area contributed by atoms with Crippen LogP contribution in [0.15, 0.2) is 29.2 Å². The van der Waals surface area contributed by atoms with Crippen LogP contribution in [-0.4, -0.2) is 21.5 Å². The molecule has 0 aliphatic rings. The van der Waals surface area contributed by atoms with Crippen LogP contribution in [0.4, 0.5) is 0 Å². The molecule has 2 heterocycles. The van der Waals surface area contributed by atoms with Crippen molar-refractivity contribution in [3.05, 3.63) is 45.5 Å². The monoisotopic (exact) mass is 292 g/mol. The van der Waals surface area contributed by atoms with Crippen LogP contribution in [0.5, 0.6) is 0 Å². The molecule has 0 aromatic carbocycles. The number of nitrogens with one attached hydrogen (secondary N) is 2. The Labute approximate surface area is 122 Å². The van der Waals surface area contributed by atoms with Gasteiger partial charge in [0.1, 0.15) is 5.69 Å². The summed E-state index contributed by atoms with van der Waals surface area (Å²) in [5.74, 6) is 0.936. The zero-order valence-electron chi connectivity index (χ0n) is 11.5. The Kier molecular flexibility index (Phi) is 4.87. The van der Waals surface area contributed by atoms with Crippen molar-refractivity contribution in [2.45, 2.75) is 20.4 Å².